The van der Waals surface area contributed by atoms with Crippen molar-refractivity contribution in [3.05, 3.63) is 91.1 Å². The van der Waals surface area contributed by atoms with Gasteiger partial charge in [-0.05, 0) is 54.5 Å². The summed E-state index contributed by atoms with van der Waals surface area (Å²) in [5, 5.41) is 0.707. The van der Waals surface area contributed by atoms with E-state index in [0.717, 1.165) is 38.0 Å². The van der Waals surface area contributed by atoms with Crippen LogP contribution in [0.15, 0.2) is 52.7 Å². The molecule has 0 saturated heterocycles. The number of allylic oxidation sites excluding steroid dienone is 1. The summed E-state index contributed by atoms with van der Waals surface area (Å²) in [6.07, 6.45) is 1.75. The quantitative estimate of drug-likeness (QED) is 0.357. The van der Waals surface area contributed by atoms with Gasteiger partial charge in [-0.3, -0.25) is 9.69 Å². The van der Waals surface area contributed by atoms with E-state index in [-0.39, 0.29) is 18.3 Å². The number of halogens is 2. The van der Waals surface area contributed by atoms with E-state index in [1.807, 2.05) is 49.4 Å². The number of rotatable bonds is 3. The molecule has 35 heavy (non-hydrogen) atoms. The van der Waals surface area contributed by atoms with Crippen LogP contribution in [-0.4, -0.2) is 24.2 Å². The highest BCUT2D eigenvalue weighted by Crippen LogP contribution is 2.45. The van der Waals surface area contributed by atoms with E-state index in [1.165, 1.54) is 0 Å². The molecule has 0 unspecified atom stereocenters. The molecule has 0 bridgehead atoms. The molecule has 0 amide bonds. The summed E-state index contributed by atoms with van der Waals surface area (Å²) in [7, 11) is 0. The highest BCUT2D eigenvalue weighted by molar-refractivity contribution is 9.10. The summed E-state index contributed by atoms with van der Waals surface area (Å²) in [5.41, 5.74) is 5.11. The summed E-state index contributed by atoms with van der Waals surface area (Å²) < 4.78 is 24.3. The van der Waals surface area contributed by atoms with Crippen molar-refractivity contribution in [2.45, 2.75) is 26.6 Å². The lowest BCUT2D eigenvalue weighted by Crippen LogP contribution is -2.31. The van der Waals surface area contributed by atoms with Gasteiger partial charge in [0.2, 0.25) is 5.78 Å². The molecule has 0 aliphatic carbocycles. The van der Waals surface area contributed by atoms with E-state index in [0.29, 0.717) is 48.5 Å². The Morgan fingerprint density at radius 1 is 1.11 bits per heavy atom. The second-order valence-corrected chi connectivity index (χ2v) is 10.1. The Balaban J connectivity index is 1.33. The van der Waals surface area contributed by atoms with Crippen molar-refractivity contribution in [2.75, 3.05) is 13.5 Å². The number of carbonyl (C=O) groups excluding carboxylic acids is 1. The molecule has 0 atom stereocenters. The minimum atomic E-state index is -0.143. The van der Waals surface area contributed by atoms with E-state index in [2.05, 4.69) is 20.8 Å². The van der Waals surface area contributed by atoms with Crippen molar-refractivity contribution < 1.29 is 23.7 Å². The fourth-order valence-electron chi connectivity index (χ4n) is 4.68. The second kappa shape index (κ2) is 8.99. The van der Waals surface area contributed by atoms with E-state index in [1.54, 1.807) is 6.08 Å². The van der Waals surface area contributed by atoms with Gasteiger partial charge in [0, 0.05) is 33.7 Å². The topological polar surface area (TPSA) is 57.2 Å². The standard InChI is InChI=1S/C27H21BrClNO5/c1-15-6-22-21(11-30(13-33-22)10-16-2-4-20(29)5-3-16)27-24(15)25(31)23(35-27)9-17-7-19(28)8-18-12-32-14-34-26(17)18/h2-9H,10-14H2,1H3/b23-9-. The van der Waals surface area contributed by atoms with Gasteiger partial charge in [-0.25, -0.2) is 0 Å². The van der Waals surface area contributed by atoms with E-state index in [4.69, 9.17) is 30.5 Å². The maximum atomic E-state index is 13.4. The number of nitrogens with zero attached hydrogens (tertiary/aromatic N) is 1. The molecule has 8 heteroatoms. The van der Waals surface area contributed by atoms with Crippen LogP contribution in [0.1, 0.15) is 38.2 Å². The van der Waals surface area contributed by atoms with Gasteiger partial charge in [0.25, 0.3) is 0 Å². The molecule has 3 aromatic carbocycles. The van der Waals surface area contributed by atoms with Gasteiger partial charge in [-0.2, -0.15) is 0 Å². The first kappa shape index (κ1) is 22.6. The molecule has 3 aromatic rings. The maximum absolute atomic E-state index is 13.4. The molecule has 3 heterocycles. The normalized spacial score (nSPS) is 17.8. The lowest BCUT2D eigenvalue weighted by atomic mass is 9.98. The van der Waals surface area contributed by atoms with Crippen LogP contribution in [0.25, 0.3) is 6.08 Å². The Hall–Kier alpha value is -2.84. The van der Waals surface area contributed by atoms with Gasteiger partial charge in [0.15, 0.2) is 12.6 Å². The van der Waals surface area contributed by atoms with Gasteiger partial charge in [-0.15, -0.1) is 0 Å². The zero-order valence-electron chi connectivity index (χ0n) is 18.9. The molecule has 0 fully saturated rings. The van der Waals surface area contributed by atoms with Crippen LogP contribution in [0.5, 0.6) is 17.2 Å². The molecular formula is C27H21BrClNO5. The largest absolute Gasteiger partial charge is 0.478 e. The van der Waals surface area contributed by atoms with Gasteiger partial charge < -0.3 is 18.9 Å². The number of benzene rings is 3. The number of carbonyl (C=O) groups is 1. The van der Waals surface area contributed by atoms with Crippen LogP contribution in [-0.2, 0) is 24.4 Å². The minimum Gasteiger partial charge on any atom is -0.478 e. The van der Waals surface area contributed by atoms with Crippen LogP contribution in [0.2, 0.25) is 5.02 Å². The molecule has 6 nitrogen and oxygen atoms in total. The molecular weight excluding hydrogens is 534 g/mol. The first-order valence-corrected chi connectivity index (χ1v) is 12.4. The fourth-order valence-corrected chi connectivity index (χ4v) is 5.33. The van der Waals surface area contributed by atoms with Crippen LogP contribution >= 0.6 is 27.5 Å². The van der Waals surface area contributed by atoms with Crippen molar-refractivity contribution in [1.29, 1.82) is 0 Å². The van der Waals surface area contributed by atoms with E-state index < -0.39 is 0 Å². The minimum absolute atomic E-state index is 0.143. The summed E-state index contributed by atoms with van der Waals surface area (Å²) >= 11 is 9.56. The number of fused-ring (bicyclic) bond motifs is 4. The number of ether oxygens (including phenoxy) is 4. The third-order valence-corrected chi connectivity index (χ3v) is 7.01. The van der Waals surface area contributed by atoms with E-state index in [9.17, 15) is 4.79 Å². The van der Waals surface area contributed by atoms with Crippen molar-refractivity contribution in [3.8, 4) is 17.2 Å². The second-order valence-electron chi connectivity index (χ2n) is 8.79. The van der Waals surface area contributed by atoms with Crippen molar-refractivity contribution >= 4 is 39.4 Å². The van der Waals surface area contributed by atoms with E-state index >= 15 is 0 Å². The monoisotopic (exact) mass is 553 g/mol. The molecule has 0 aromatic heterocycles. The highest BCUT2D eigenvalue weighted by atomic mass is 79.9. The molecule has 3 aliphatic heterocycles. The number of aryl methyl sites for hydroxylation is 1. The molecule has 0 saturated carbocycles. The van der Waals surface area contributed by atoms with Crippen LogP contribution in [0, 0.1) is 6.92 Å². The average molecular weight is 555 g/mol. The van der Waals surface area contributed by atoms with Gasteiger partial charge in [0.1, 0.15) is 24.0 Å². The van der Waals surface area contributed by atoms with Crippen molar-refractivity contribution in [2.24, 2.45) is 0 Å². The number of hydrogen-bond acceptors (Lipinski definition) is 6. The predicted octanol–water partition coefficient (Wildman–Crippen LogP) is 6.25. The van der Waals surface area contributed by atoms with Gasteiger partial charge in [-0.1, -0.05) is 39.7 Å². The summed E-state index contributed by atoms with van der Waals surface area (Å²) in [5.74, 6) is 2.15. The Bertz CT molecular complexity index is 1390. The maximum Gasteiger partial charge on any atom is 0.232 e. The Kier molecular flexibility index (Phi) is 5.81. The van der Waals surface area contributed by atoms with Gasteiger partial charge >= 0.3 is 0 Å². The number of Topliss-reactive ketones (excluding diaryl/α,β-unsaturated/α-hetero) is 1. The average Bonchev–Trinajstić information content (AvgIpc) is 3.17. The highest BCUT2D eigenvalue weighted by Gasteiger charge is 2.36. The third-order valence-electron chi connectivity index (χ3n) is 6.30. The SMILES string of the molecule is Cc1cc2c(c3c1C(=O)/C(=C/c1cc(Br)cc4c1OCOC4)O3)CN(Cc1ccc(Cl)cc1)CO2. The van der Waals surface area contributed by atoms with Crippen molar-refractivity contribution in [1.82, 2.24) is 4.90 Å². The predicted molar refractivity (Wildman–Crippen MR) is 135 cm³/mol. The van der Waals surface area contributed by atoms with Crippen LogP contribution in [0.3, 0.4) is 0 Å². The summed E-state index contributed by atoms with van der Waals surface area (Å²) in [6.45, 7) is 4.29. The van der Waals surface area contributed by atoms with Crippen LogP contribution in [0.4, 0.5) is 0 Å². The molecule has 178 valence electrons. The third kappa shape index (κ3) is 4.23. The van der Waals surface area contributed by atoms with Crippen LogP contribution < -0.4 is 14.2 Å². The zero-order valence-corrected chi connectivity index (χ0v) is 21.2. The first-order valence-electron chi connectivity index (χ1n) is 11.2. The Morgan fingerprint density at radius 3 is 2.77 bits per heavy atom. The molecule has 6 rings (SSSR count). The number of ketones is 1. The Labute approximate surface area is 216 Å². The van der Waals surface area contributed by atoms with Gasteiger partial charge in [0.05, 0.1) is 17.7 Å². The first-order chi connectivity index (χ1) is 17.0. The summed E-state index contributed by atoms with van der Waals surface area (Å²) in [4.78, 5) is 15.6. The lowest BCUT2D eigenvalue weighted by molar-refractivity contribution is -0.0165. The smallest absolute Gasteiger partial charge is 0.232 e. The fraction of sp³-hybridized carbons (Fsp3) is 0.222. The number of hydrogen-bond donors (Lipinski definition) is 0. The molecule has 0 radical (unpaired) electrons. The Morgan fingerprint density at radius 2 is 1.94 bits per heavy atom. The summed E-state index contributed by atoms with van der Waals surface area (Å²) in [6, 6.07) is 13.6. The molecule has 3 aliphatic rings. The lowest BCUT2D eigenvalue weighted by Gasteiger charge is -2.30. The zero-order chi connectivity index (χ0) is 24.1. The molecule has 0 spiro atoms. The van der Waals surface area contributed by atoms with Crippen molar-refractivity contribution in [3.63, 3.8) is 0 Å². The molecule has 0 N–H and O–H groups in total.